The van der Waals surface area contributed by atoms with Gasteiger partial charge in [-0.3, -0.25) is 4.79 Å². The van der Waals surface area contributed by atoms with E-state index in [4.69, 9.17) is 5.11 Å². The van der Waals surface area contributed by atoms with Crippen LogP contribution in [0.3, 0.4) is 0 Å². The molecule has 0 rings (SSSR count). The van der Waals surface area contributed by atoms with Gasteiger partial charge in [0.15, 0.2) is 0 Å². The van der Waals surface area contributed by atoms with Crippen LogP contribution in [0.2, 0.25) is 0 Å². The summed E-state index contributed by atoms with van der Waals surface area (Å²) in [5, 5.41) is 19.6. The van der Waals surface area contributed by atoms with Crippen molar-refractivity contribution in [2.75, 3.05) is 6.54 Å². The Bertz CT molecular complexity index is 220. The smallest absolute Gasteiger partial charge is 0.862 e. The molecule has 0 unspecified atom stereocenters. The van der Waals surface area contributed by atoms with Gasteiger partial charge in [0.05, 0.1) is 0 Å². The number of aliphatic imine (C=N–C) groups is 1. The van der Waals surface area contributed by atoms with Gasteiger partial charge in [-0.1, -0.05) is 32.6 Å². The van der Waals surface area contributed by atoms with E-state index in [1.165, 1.54) is 19.3 Å². The van der Waals surface area contributed by atoms with Crippen LogP contribution in [0, 0.1) is 0 Å². The fourth-order valence-electron chi connectivity index (χ4n) is 1.39. The molecule has 0 aliphatic rings. The molecule has 0 aromatic rings. The number of rotatable bonds is 10. The Balaban J connectivity index is 0. The van der Waals surface area contributed by atoms with Gasteiger partial charge in [0, 0.05) is 13.0 Å². The van der Waals surface area contributed by atoms with Crippen LogP contribution < -0.4 is 56.5 Å². The number of hydrogen-bond donors (Lipinski definition) is 1. The molecule has 17 heavy (non-hydrogen) atoms. The van der Waals surface area contributed by atoms with Crippen molar-refractivity contribution in [1.82, 2.24) is 0 Å². The van der Waals surface area contributed by atoms with Crippen LogP contribution in [0.25, 0.3) is 0 Å². The third-order valence-corrected chi connectivity index (χ3v) is 2.33. The van der Waals surface area contributed by atoms with E-state index in [9.17, 15) is 9.90 Å². The summed E-state index contributed by atoms with van der Waals surface area (Å²) in [5.74, 6) is -0.913. The van der Waals surface area contributed by atoms with Crippen molar-refractivity contribution in [3.63, 3.8) is 0 Å². The summed E-state index contributed by atoms with van der Waals surface area (Å²) >= 11 is 0. The molecule has 5 heteroatoms. The van der Waals surface area contributed by atoms with Crippen LogP contribution in [-0.4, -0.2) is 23.5 Å². The molecular formula is C12H22KNO3. The average Bonchev–Trinajstić information content (AvgIpc) is 2.24. The van der Waals surface area contributed by atoms with Gasteiger partial charge in [0.2, 0.25) is 0 Å². The van der Waals surface area contributed by atoms with Gasteiger partial charge < -0.3 is 15.2 Å². The molecular weight excluding hydrogens is 245 g/mol. The standard InChI is InChI=1S/C12H23NO3.K/c1-2-3-4-5-6-8-11(14)13-10-7-9-12(15)16;/h2-10H2,1H3,(H,13,14)(H,15,16);/q;+1/p-1. The van der Waals surface area contributed by atoms with Gasteiger partial charge in [-0.05, 0) is 25.2 Å². The molecule has 0 amide bonds. The summed E-state index contributed by atoms with van der Waals surface area (Å²) in [5.41, 5.74) is 0. The molecule has 4 nitrogen and oxygen atoms in total. The Hall–Kier alpha value is 0.576. The average molecular weight is 267 g/mol. The molecule has 0 atom stereocenters. The first-order chi connectivity index (χ1) is 7.66. The van der Waals surface area contributed by atoms with Crippen LogP contribution in [0.15, 0.2) is 4.99 Å². The third kappa shape index (κ3) is 16.6. The van der Waals surface area contributed by atoms with E-state index < -0.39 is 5.97 Å². The van der Waals surface area contributed by atoms with E-state index in [0.717, 1.165) is 12.8 Å². The van der Waals surface area contributed by atoms with Crippen molar-refractivity contribution in [2.24, 2.45) is 4.99 Å². The Morgan fingerprint density at radius 3 is 2.35 bits per heavy atom. The quantitative estimate of drug-likeness (QED) is 0.238. The second-order valence-electron chi connectivity index (χ2n) is 3.94. The number of carboxylic acid groups (broad SMARTS) is 1. The second kappa shape index (κ2) is 14.6. The van der Waals surface area contributed by atoms with Gasteiger partial charge in [-0.15, -0.1) is 0 Å². The van der Waals surface area contributed by atoms with Crippen molar-refractivity contribution in [1.29, 1.82) is 0 Å². The summed E-state index contributed by atoms with van der Waals surface area (Å²) in [6.07, 6.45) is 6.66. The Morgan fingerprint density at radius 1 is 1.12 bits per heavy atom. The zero-order chi connectivity index (χ0) is 12.2. The number of carboxylic acids is 1. The van der Waals surface area contributed by atoms with E-state index in [2.05, 4.69) is 11.9 Å². The normalized spacial score (nSPS) is 11.0. The van der Waals surface area contributed by atoms with Gasteiger partial charge >= 0.3 is 57.4 Å². The summed E-state index contributed by atoms with van der Waals surface area (Å²) in [4.78, 5) is 14.0. The van der Waals surface area contributed by atoms with Gasteiger partial charge in [0.1, 0.15) is 0 Å². The summed E-state index contributed by atoms with van der Waals surface area (Å²) in [7, 11) is 0. The molecule has 0 spiro atoms. The minimum Gasteiger partial charge on any atom is -0.862 e. The van der Waals surface area contributed by atoms with E-state index in [-0.39, 0.29) is 63.7 Å². The van der Waals surface area contributed by atoms with Crippen LogP contribution in [0.5, 0.6) is 0 Å². The van der Waals surface area contributed by atoms with Crippen LogP contribution in [-0.2, 0) is 4.79 Å². The van der Waals surface area contributed by atoms with E-state index in [0.29, 0.717) is 19.4 Å². The summed E-state index contributed by atoms with van der Waals surface area (Å²) < 4.78 is 0. The number of unbranched alkanes of at least 4 members (excludes halogenated alkanes) is 4. The van der Waals surface area contributed by atoms with Crippen molar-refractivity contribution < 1.29 is 66.4 Å². The van der Waals surface area contributed by atoms with Crippen LogP contribution in [0.4, 0.5) is 0 Å². The molecule has 1 N–H and O–H groups in total. The van der Waals surface area contributed by atoms with Gasteiger partial charge in [0.25, 0.3) is 0 Å². The summed E-state index contributed by atoms with van der Waals surface area (Å²) in [6, 6.07) is 0. The Labute approximate surface area is 146 Å². The zero-order valence-corrected chi connectivity index (χ0v) is 14.2. The molecule has 0 aromatic carbocycles. The topological polar surface area (TPSA) is 72.7 Å². The molecule has 0 saturated carbocycles. The van der Waals surface area contributed by atoms with Crippen molar-refractivity contribution in [2.45, 2.75) is 58.3 Å². The fourth-order valence-corrected chi connectivity index (χ4v) is 1.39. The fraction of sp³-hybridized carbons (Fsp3) is 0.833. The Morgan fingerprint density at radius 2 is 1.76 bits per heavy atom. The maximum absolute atomic E-state index is 11.2. The number of carbonyl (C=O) groups is 1. The van der Waals surface area contributed by atoms with Crippen molar-refractivity contribution in [3.05, 3.63) is 0 Å². The number of hydrogen-bond acceptors (Lipinski definition) is 3. The second-order valence-corrected chi connectivity index (χ2v) is 3.94. The minimum absolute atomic E-state index is 0. The maximum Gasteiger partial charge on any atom is 1.00 e. The van der Waals surface area contributed by atoms with E-state index in [1.54, 1.807) is 0 Å². The number of aliphatic carboxylic acids is 1. The molecule has 0 aliphatic heterocycles. The first kappa shape index (κ1) is 19.9. The van der Waals surface area contributed by atoms with E-state index >= 15 is 0 Å². The van der Waals surface area contributed by atoms with Crippen molar-refractivity contribution >= 4 is 11.9 Å². The SMILES string of the molecule is CCCCCCCC([O-])=NCCCC(=O)O.[K+]. The molecule has 0 aromatic heterocycles. The molecule has 0 bridgehead atoms. The van der Waals surface area contributed by atoms with Crippen LogP contribution >= 0.6 is 0 Å². The molecule has 0 fully saturated rings. The molecule has 0 heterocycles. The molecule has 94 valence electrons. The maximum atomic E-state index is 11.2. The first-order valence-corrected chi connectivity index (χ1v) is 6.09. The molecule has 0 radical (unpaired) electrons. The predicted molar refractivity (Wildman–Crippen MR) is 62.5 cm³/mol. The molecule has 0 saturated heterocycles. The molecule has 0 aliphatic carbocycles. The zero-order valence-electron chi connectivity index (χ0n) is 11.1. The first-order valence-electron chi connectivity index (χ1n) is 6.09. The third-order valence-electron chi connectivity index (χ3n) is 2.33. The van der Waals surface area contributed by atoms with Gasteiger partial charge in [-0.25, -0.2) is 0 Å². The summed E-state index contributed by atoms with van der Waals surface area (Å²) in [6.45, 7) is 2.50. The minimum atomic E-state index is -0.831. The Kier molecular flexibility index (Phi) is 17.1. The van der Waals surface area contributed by atoms with E-state index in [1.807, 2.05) is 0 Å². The predicted octanol–water partition coefficient (Wildman–Crippen LogP) is -1.03. The van der Waals surface area contributed by atoms with Crippen LogP contribution in [0.1, 0.15) is 58.3 Å². The van der Waals surface area contributed by atoms with Crippen molar-refractivity contribution in [3.8, 4) is 0 Å². The monoisotopic (exact) mass is 267 g/mol. The van der Waals surface area contributed by atoms with Gasteiger partial charge in [-0.2, -0.15) is 0 Å². The largest absolute Gasteiger partial charge is 1.00 e. The number of nitrogens with zero attached hydrogens (tertiary/aromatic N) is 1.